The standard InChI is InChI=1S/C15H16O5/c1-7-4-3-5-15-12(20-15)11(19-14(15)17)10-8(2)13(16)18-9(10)6-7/h4,9,11-12H,3,5-6H2,1-2H3/b7-4+/t9-,11+,12+,15+/m0/s1. The molecule has 20 heavy (non-hydrogen) atoms. The zero-order valence-electron chi connectivity index (χ0n) is 11.5. The van der Waals surface area contributed by atoms with Gasteiger partial charge in [0.05, 0.1) is 0 Å². The Bertz CT molecular complexity index is 587. The topological polar surface area (TPSA) is 65.1 Å². The van der Waals surface area contributed by atoms with Crippen molar-refractivity contribution in [3.8, 4) is 0 Å². The molecule has 0 aromatic rings. The summed E-state index contributed by atoms with van der Waals surface area (Å²) in [6, 6.07) is 0. The predicted octanol–water partition coefficient (Wildman–Crippen LogP) is 1.42. The van der Waals surface area contributed by atoms with E-state index >= 15 is 0 Å². The fourth-order valence-corrected chi connectivity index (χ4v) is 3.57. The summed E-state index contributed by atoms with van der Waals surface area (Å²) in [7, 11) is 0. The third-order valence-electron chi connectivity index (χ3n) is 4.75. The van der Waals surface area contributed by atoms with E-state index < -0.39 is 11.7 Å². The normalized spacial score (nSPS) is 45.1. The van der Waals surface area contributed by atoms with Crippen LogP contribution in [0.5, 0.6) is 0 Å². The molecule has 3 aliphatic heterocycles. The zero-order valence-corrected chi connectivity index (χ0v) is 11.5. The van der Waals surface area contributed by atoms with Gasteiger partial charge in [-0.05, 0) is 26.7 Å². The Morgan fingerprint density at radius 2 is 2.05 bits per heavy atom. The van der Waals surface area contributed by atoms with Crippen LogP contribution < -0.4 is 0 Å². The van der Waals surface area contributed by atoms with Crippen molar-refractivity contribution in [3.63, 3.8) is 0 Å². The summed E-state index contributed by atoms with van der Waals surface area (Å²) in [5.41, 5.74) is 1.75. The molecule has 0 radical (unpaired) electrons. The van der Waals surface area contributed by atoms with Gasteiger partial charge in [0.25, 0.3) is 0 Å². The first-order valence-electron chi connectivity index (χ1n) is 6.99. The highest BCUT2D eigenvalue weighted by Crippen LogP contribution is 2.54. The Balaban J connectivity index is 1.80. The van der Waals surface area contributed by atoms with Crippen molar-refractivity contribution in [2.75, 3.05) is 0 Å². The molecule has 0 unspecified atom stereocenters. The molecule has 0 saturated carbocycles. The van der Waals surface area contributed by atoms with Crippen molar-refractivity contribution in [1.29, 1.82) is 0 Å². The molecule has 4 aliphatic rings. The maximum atomic E-state index is 12.1. The van der Waals surface area contributed by atoms with Gasteiger partial charge in [-0.1, -0.05) is 11.6 Å². The van der Waals surface area contributed by atoms with E-state index in [9.17, 15) is 9.59 Å². The summed E-state index contributed by atoms with van der Waals surface area (Å²) >= 11 is 0. The number of allylic oxidation sites excluding steroid dienone is 1. The molecule has 0 aromatic heterocycles. The SMILES string of the molecule is CC1=C2[C@H](C/C(C)=C/CC[C@@]34O[C@@H]3[C@@H]2OC4=O)OC1=O. The van der Waals surface area contributed by atoms with Crippen LogP contribution in [-0.2, 0) is 23.8 Å². The predicted molar refractivity (Wildman–Crippen MR) is 67.7 cm³/mol. The van der Waals surface area contributed by atoms with Gasteiger partial charge < -0.3 is 14.2 Å². The second kappa shape index (κ2) is 3.73. The molecule has 0 amide bonds. The molecule has 2 saturated heterocycles. The molecule has 5 nitrogen and oxygen atoms in total. The van der Waals surface area contributed by atoms with Gasteiger partial charge in [-0.2, -0.15) is 0 Å². The maximum Gasteiger partial charge on any atom is 0.342 e. The van der Waals surface area contributed by atoms with Crippen LogP contribution in [-0.4, -0.2) is 35.9 Å². The maximum absolute atomic E-state index is 12.1. The summed E-state index contributed by atoms with van der Waals surface area (Å²) in [5, 5.41) is 0. The molecule has 0 spiro atoms. The molecule has 3 heterocycles. The number of carbonyl (C=O) groups excluding carboxylic acids is 2. The van der Waals surface area contributed by atoms with Crippen LogP contribution >= 0.6 is 0 Å². The second-order valence-corrected chi connectivity index (χ2v) is 6.02. The Morgan fingerprint density at radius 3 is 2.80 bits per heavy atom. The Labute approximate surface area is 116 Å². The molecule has 4 atom stereocenters. The monoisotopic (exact) mass is 276 g/mol. The van der Waals surface area contributed by atoms with Crippen LogP contribution in [0.1, 0.15) is 33.1 Å². The van der Waals surface area contributed by atoms with Crippen molar-refractivity contribution in [2.24, 2.45) is 0 Å². The molecular formula is C15H16O5. The van der Waals surface area contributed by atoms with Gasteiger partial charge in [0.1, 0.15) is 12.2 Å². The van der Waals surface area contributed by atoms with Gasteiger partial charge in [0.15, 0.2) is 11.7 Å². The Kier molecular flexibility index (Phi) is 2.26. The lowest BCUT2D eigenvalue weighted by Crippen LogP contribution is -2.26. The van der Waals surface area contributed by atoms with Crippen molar-refractivity contribution >= 4 is 11.9 Å². The van der Waals surface area contributed by atoms with E-state index in [1.165, 1.54) is 0 Å². The molecule has 4 rings (SSSR count). The molecule has 2 bridgehead atoms. The zero-order chi connectivity index (χ0) is 14.1. The molecule has 2 fully saturated rings. The first-order valence-corrected chi connectivity index (χ1v) is 6.99. The van der Waals surface area contributed by atoms with Gasteiger partial charge in [0.2, 0.25) is 0 Å². The molecule has 5 heteroatoms. The Morgan fingerprint density at radius 1 is 1.25 bits per heavy atom. The largest absolute Gasteiger partial charge is 0.454 e. The van der Waals surface area contributed by atoms with Crippen molar-refractivity contribution in [1.82, 2.24) is 0 Å². The lowest BCUT2D eigenvalue weighted by atomic mass is 9.88. The van der Waals surface area contributed by atoms with E-state index in [1.807, 2.05) is 6.92 Å². The van der Waals surface area contributed by atoms with Crippen LogP contribution in [0.15, 0.2) is 22.8 Å². The van der Waals surface area contributed by atoms with Gasteiger partial charge in [0, 0.05) is 17.6 Å². The number of esters is 2. The number of ether oxygens (including phenoxy) is 3. The van der Waals surface area contributed by atoms with Gasteiger partial charge in [-0.15, -0.1) is 0 Å². The minimum absolute atomic E-state index is 0.247. The van der Waals surface area contributed by atoms with E-state index in [2.05, 4.69) is 6.08 Å². The summed E-state index contributed by atoms with van der Waals surface area (Å²) in [6.07, 6.45) is 3.16. The summed E-state index contributed by atoms with van der Waals surface area (Å²) < 4.78 is 16.6. The average molecular weight is 276 g/mol. The quantitative estimate of drug-likeness (QED) is 0.380. The molecule has 1 aliphatic carbocycles. The minimum Gasteiger partial charge on any atom is -0.454 e. The minimum atomic E-state index is -0.776. The van der Waals surface area contributed by atoms with E-state index in [1.54, 1.807) is 6.92 Å². The third-order valence-corrected chi connectivity index (χ3v) is 4.75. The van der Waals surface area contributed by atoms with Crippen LogP contribution in [0.2, 0.25) is 0 Å². The highest BCUT2D eigenvalue weighted by molar-refractivity contribution is 5.93. The number of hydrogen-bond acceptors (Lipinski definition) is 5. The first kappa shape index (κ1) is 12.1. The number of epoxide rings is 1. The third kappa shape index (κ3) is 1.41. The highest BCUT2D eigenvalue weighted by Gasteiger charge is 2.73. The van der Waals surface area contributed by atoms with Crippen molar-refractivity contribution in [2.45, 2.75) is 57.0 Å². The molecule has 0 N–H and O–H groups in total. The number of rotatable bonds is 0. The van der Waals surface area contributed by atoms with Crippen molar-refractivity contribution in [3.05, 3.63) is 22.8 Å². The molecular weight excluding hydrogens is 260 g/mol. The van der Waals surface area contributed by atoms with Crippen LogP contribution in [0.4, 0.5) is 0 Å². The molecule has 0 aromatic carbocycles. The lowest BCUT2D eigenvalue weighted by Gasteiger charge is -2.19. The van der Waals surface area contributed by atoms with Crippen molar-refractivity contribution < 1.29 is 23.8 Å². The van der Waals surface area contributed by atoms with Crippen LogP contribution in [0.25, 0.3) is 0 Å². The average Bonchev–Trinajstić information content (AvgIpc) is 2.98. The van der Waals surface area contributed by atoms with E-state index in [-0.39, 0.29) is 24.1 Å². The molecule has 106 valence electrons. The van der Waals surface area contributed by atoms with E-state index in [0.29, 0.717) is 18.4 Å². The number of carbonyl (C=O) groups is 2. The fraction of sp³-hybridized carbons (Fsp3) is 0.600. The van der Waals surface area contributed by atoms with Gasteiger partial charge >= 0.3 is 11.9 Å². The summed E-state index contributed by atoms with van der Waals surface area (Å²) in [6.45, 7) is 3.76. The highest BCUT2D eigenvalue weighted by atomic mass is 16.7. The second-order valence-electron chi connectivity index (χ2n) is 6.02. The number of hydrogen-bond donors (Lipinski definition) is 0. The van der Waals surface area contributed by atoms with E-state index in [4.69, 9.17) is 14.2 Å². The van der Waals surface area contributed by atoms with Gasteiger partial charge in [-0.25, -0.2) is 9.59 Å². The number of fused-ring (bicyclic) bond motifs is 2. The fourth-order valence-electron chi connectivity index (χ4n) is 3.57. The lowest BCUT2D eigenvalue weighted by molar-refractivity contribution is -0.152. The smallest absolute Gasteiger partial charge is 0.342 e. The van der Waals surface area contributed by atoms with Gasteiger partial charge in [-0.3, -0.25) is 0 Å². The summed E-state index contributed by atoms with van der Waals surface area (Å²) in [5.74, 6) is -0.606. The van der Waals surface area contributed by atoms with Crippen LogP contribution in [0, 0.1) is 0 Å². The van der Waals surface area contributed by atoms with E-state index in [0.717, 1.165) is 17.6 Å². The summed E-state index contributed by atoms with van der Waals surface area (Å²) in [4.78, 5) is 23.9. The van der Waals surface area contributed by atoms with Crippen LogP contribution in [0.3, 0.4) is 0 Å². The first-order chi connectivity index (χ1) is 9.53. The Hall–Kier alpha value is -1.62.